The molecule has 1 aromatic rings. The van der Waals surface area contributed by atoms with Crippen LogP contribution in [-0.4, -0.2) is 18.5 Å². The number of hydrogen-bond donors (Lipinski definition) is 0. The largest absolute Gasteiger partial charge is 0.489 e. The standard InChI is InChI=1S/C15H21ClO3/c1-10(2)8-18-13-6-5-12(15(16)17)7-14(13)19-9-11(3)4/h5-7,10-11H,8-9H2,1-4H3. The highest BCUT2D eigenvalue weighted by Gasteiger charge is 2.11. The molecule has 3 nitrogen and oxygen atoms in total. The van der Waals surface area contributed by atoms with Gasteiger partial charge < -0.3 is 9.47 Å². The second-order valence-electron chi connectivity index (χ2n) is 5.34. The summed E-state index contributed by atoms with van der Waals surface area (Å²) in [7, 11) is 0. The van der Waals surface area contributed by atoms with E-state index >= 15 is 0 Å². The lowest BCUT2D eigenvalue weighted by molar-refractivity contribution is 0.108. The molecule has 4 heteroatoms. The molecule has 0 bridgehead atoms. The molecule has 0 aliphatic carbocycles. The molecule has 19 heavy (non-hydrogen) atoms. The van der Waals surface area contributed by atoms with Crippen LogP contribution < -0.4 is 9.47 Å². The van der Waals surface area contributed by atoms with Gasteiger partial charge in [-0.05, 0) is 41.6 Å². The molecule has 0 heterocycles. The van der Waals surface area contributed by atoms with Crippen LogP contribution in [0.3, 0.4) is 0 Å². The molecular weight excluding hydrogens is 264 g/mol. The van der Waals surface area contributed by atoms with Gasteiger partial charge in [-0.2, -0.15) is 0 Å². The summed E-state index contributed by atoms with van der Waals surface area (Å²) in [5.41, 5.74) is 0.414. The van der Waals surface area contributed by atoms with Crippen LogP contribution in [-0.2, 0) is 0 Å². The second kappa shape index (κ2) is 7.39. The molecule has 0 amide bonds. The van der Waals surface area contributed by atoms with Crippen molar-refractivity contribution < 1.29 is 14.3 Å². The highest BCUT2D eigenvalue weighted by Crippen LogP contribution is 2.29. The summed E-state index contributed by atoms with van der Waals surface area (Å²) in [4.78, 5) is 11.2. The van der Waals surface area contributed by atoms with E-state index in [9.17, 15) is 4.79 Å². The van der Waals surface area contributed by atoms with Gasteiger partial charge in [-0.3, -0.25) is 4.79 Å². The Bertz CT molecular complexity index is 427. The topological polar surface area (TPSA) is 35.5 Å². The average molecular weight is 285 g/mol. The molecule has 0 saturated heterocycles. The lowest BCUT2D eigenvalue weighted by Gasteiger charge is -2.15. The van der Waals surface area contributed by atoms with Crippen molar-refractivity contribution in [3.05, 3.63) is 23.8 Å². The predicted octanol–water partition coefficient (Wildman–Crippen LogP) is 4.14. The Labute approximate surface area is 119 Å². The second-order valence-corrected chi connectivity index (χ2v) is 5.69. The number of hydrogen-bond acceptors (Lipinski definition) is 3. The minimum absolute atomic E-state index is 0.397. The smallest absolute Gasteiger partial charge is 0.252 e. The lowest BCUT2D eigenvalue weighted by atomic mass is 10.2. The Morgan fingerprint density at radius 2 is 1.58 bits per heavy atom. The van der Waals surface area contributed by atoms with Gasteiger partial charge in [0.1, 0.15) is 0 Å². The third kappa shape index (κ3) is 5.52. The molecule has 0 atom stereocenters. The summed E-state index contributed by atoms with van der Waals surface area (Å²) in [6, 6.07) is 5.01. The zero-order chi connectivity index (χ0) is 14.4. The number of rotatable bonds is 7. The van der Waals surface area contributed by atoms with Gasteiger partial charge in [-0.25, -0.2) is 0 Å². The van der Waals surface area contributed by atoms with E-state index in [1.54, 1.807) is 18.2 Å². The van der Waals surface area contributed by atoms with E-state index in [2.05, 4.69) is 27.7 Å². The zero-order valence-electron chi connectivity index (χ0n) is 11.9. The summed E-state index contributed by atoms with van der Waals surface area (Å²) >= 11 is 5.48. The Balaban J connectivity index is 2.90. The van der Waals surface area contributed by atoms with Gasteiger partial charge in [0.15, 0.2) is 11.5 Å². The molecule has 0 aliphatic rings. The molecule has 1 rings (SSSR count). The first kappa shape index (κ1) is 15.8. The molecule has 1 aromatic carbocycles. The molecule has 0 unspecified atom stereocenters. The minimum atomic E-state index is -0.496. The van der Waals surface area contributed by atoms with E-state index in [4.69, 9.17) is 21.1 Å². The molecule has 0 spiro atoms. The number of carbonyl (C=O) groups is 1. The predicted molar refractivity (Wildman–Crippen MR) is 77.3 cm³/mol. The van der Waals surface area contributed by atoms with E-state index < -0.39 is 5.24 Å². The van der Waals surface area contributed by atoms with Crippen molar-refractivity contribution in [2.75, 3.05) is 13.2 Å². The van der Waals surface area contributed by atoms with E-state index in [1.165, 1.54) is 0 Å². The SMILES string of the molecule is CC(C)COc1ccc(C(=O)Cl)cc1OCC(C)C. The molecule has 0 radical (unpaired) electrons. The van der Waals surface area contributed by atoms with E-state index in [1.807, 2.05) is 0 Å². The first-order chi connectivity index (χ1) is 8.90. The first-order valence-electron chi connectivity index (χ1n) is 6.49. The van der Waals surface area contributed by atoms with Crippen molar-refractivity contribution in [2.45, 2.75) is 27.7 Å². The maximum Gasteiger partial charge on any atom is 0.252 e. The van der Waals surface area contributed by atoms with Gasteiger partial charge in [-0.1, -0.05) is 27.7 Å². The Kier molecular flexibility index (Phi) is 6.16. The average Bonchev–Trinajstić information content (AvgIpc) is 2.33. The Morgan fingerprint density at radius 3 is 2.05 bits per heavy atom. The summed E-state index contributed by atoms with van der Waals surface area (Å²) in [5.74, 6) is 2.04. The van der Waals surface area contributed by atoms with Crippen LogP contribution in [0.1, 0.15) is 38.1 Å². The van der Waals surface area contributed by atoms with Crippen LogP contribution in [0, 0.1) is 11.8 Å². The van der Waals surface area contributed by atoms with Crippen LogP contribution >= 0.6 is 11.6 Å². The third-order valence-corrected chi connectivity index (χ3v) is 2.53. The maximum atomic E-state index is 11.2. The molecule has 0 aromatic heterocycles. The monoisotopic (exact) mass is 284 g/mol. The molecular formula is C15H21ClO3. The van der Waals surface area contributed by atoms with E-state index in [0.29, 0.717) is 42.1 Å². The van der Waals surface area contributed by atoms with E-state index in [-0.39, 0.29) is 0 Å². The van der Waals surface area contributed by atoms with Crippen molar-refractivity contribution in [2.24, 2.45) is 11.8 Å². The summed E-state index contributed by atoms with van der Waals surface area (Å²) in [6.07, 6.45) is 0. The Morgan fingerprint density at radius 1 is 1.05 bits per heavy atom. The van der Waals surface area contributed by atoms with Crippen LogP contribution in [0.2, 0.25) is 0 Å². The summed E-state index contributed by atoms with van der Waals surface area (Å²) < 4.78 is 11.4. The fourth-order valence-corrected chi connectivity index (χ4v) is 1.49. The quantitative estimate of drug-likeness (QED) is 0.706. The van der Waals surface area contributed by atoms with Crippen LogP contribution in [0.5, 0.6) is 11.5 Å². The van der Waals surface area contributed by atoms with Gasteiger partial charge >= 0.3 is 0 Å². The summed E-state index contributed by atoms with van der Waals surface area (Å²) in [5, 5.41) is -0.496. The van der Waals surface area contributed by atoms with Gasteiger partial charge in [-0.15, -0.1) is 0 Å². The highest BCUT2D eigenvalue weighted by atomic mass is 35.5. The van der Waals surface area contributed by atoms with Crippen LogP contribution in [0.25, 0.3) is 0 Å². The third-order valence-electron chi connectivity index (χ3n) is 2.32. The fourth-order valence-electron chi connectivity index (χ4n) is 1.38. The summed E-state index contributed by atoms with van der Waals surface area (Å²) in [6.45, 7) is 9.44. The highest BCUT2D eigenvalue weighted by molar-refractivity contribution is 6.67. The maximum absolute atomic E-state index is 11.2. The van der Waals surface area contributed by atoms with Crippen molar-refractivity contribution in [3.63, 3.8) is 0 Å². The Hall–Kier alpha value is -1.22. The number of carbonyl (C=O) groups excluding carboxylic acids is 1. The lowest BCUT2D eigenvalue weighted by Crippen LogP contribution is -2.09. The van der Waals surface area contributed by atoms with E-state index in [0.717, 1.165) is 0 Å². The van der Waals surface area contributed by atoms with Crippen molar-refractivity contribution in [1.82, 2.24) is 0 Å². The van der Waals surface area contributed by atoms with Crippen molar-refractivity contribution >= 4 is 16.8 Å². The molecule has 106 valence electrons. The number of ether oxygens (including phenoxy) is 2. The molecule has 0 saturated carbocycles. The van der Waals surface area contributed by atoms with Gasteiger partial charge in [0.2, 0.25) is 0 Å². The van der Waals surface area contributed by atoms with Gasteiger partial charge in [0, 0.05) is 5.56 Å². The zero-order valence-corrected chi connectivity index (χ0v) is 12.7. The fraction of sp³-hybridized carbons (Fsp3) is 0.533. The van der Waals surface area contributed by atoms with Crippen LogP contribution in [0.15, 0.2) is 18.2 Å². The molecule has 0 aliphatic heterocycles. The van der Waals surface area contributed by atoms with Gasteiger partial charge in [0.25, 0.3) is 5.24 Å². The van der Waals surface area contributed by atoms with Crippen LogP contribution in [0.4, 0.5) is 0 Å². The van der Waals surface area contributed by atoms with Crippen molar-refractivity contribution in [3.8, 4) is 11.5 Å². The van der Waals surface area contributed by atoms with Crippen molar-refractivity contribution in [1.29, 1.82) is 0 Å². The molecule has 0 fully saturated rings. The van der Waals surface area contributed by atoms with Gasteiger partial charge in [0.05, 0.1) is 13.2 Å². The normalized spacial score (nSPS) is 10.9. The molecule has 0 N–H and O–H groups in total. The number of halogens is 1. The minimum Gasteiger partial charge on any atom is -0.489 e. The number of benzene rings is 1. The first-order valence-corrected chi connectivity index (χ1v) is 6.87.